The fourth-order valence-corrected chi connectivity index (χ4v) is 3.01. The van der Waals surface area contributed by atoms with Gasteiger partial charge in [0.1, 0.15) is 4.99 Å². The molecule has 1 N–H and O–H groups in total. The smallest absolute Gasteiger partial charge is 0.295 e. The van der Waals surface area contributed by atoms with Crippen LogP contribution in [0.3, 0.4) is 0 Å². The molecule has 1 aliphatic rings. The van der Waals surface area contributed by atoms with Crippen LogP contribution in [-0.4, -0.2) is 16.8 Å². The molecule has 1 aromatic heterocycles. The topological polar surface area (TPSA) is 55.3 Å². The van der Waals surface area contributed by atoms with Crippen molar-refractivity contribution < 1.29 is 9.36 Å². The highest BCUT2D eigenvalue weighted by atomic mass is 32.1. The van der Waals surface area contributed by atoms with Gasteiger partial charge in [0.05, 0.1) is 5.92 Å². The highest BCUT2D eigenvalue weighted by Crippen LogP contribution is 2.34. The summed E-state index contributed by atoms with van der Waals surface area (Å²) in [6.45, 7) is 0. The van der Waals surface area contributed by atoms with Gasteiger partial charge in [0.25, 0.3) is 5.91 Å². The molecule has 0 radical (unpaired) electrons. The van der Waals surface area contributed by atoms with Crippen molar-refractivity contribution in [1.29, 1.82) is 0 Å². The van der Waals surface area contributed by atoms with E-state index in [1.807, 2.05) is 65.5 Å². The molecule has 1 saturated heterocycles. The van der Waals surface area contributed by atoms with Crippen molar-refractivity contribution in [3.8, 4) is 0 Å². The predicted octanol–water partition coefficient (Wildman–Crippen LogP) is 1.92. The van der Waals surface area contributed by atoms with E-state index in [0.717, 1.165) is 5.56 Å². The number of nitrogens with one attached hydrogen (secondary N) is 1. The zero-order chi connectivity index (χ0) is 15.5. The van der Waals surface area contributed by atoms with Crippen LogP contribution >= 0.6 is 12.2 Å². The van der Waals surface area contributed by atoms with Crippen molar-refractivity contribution in [3.05, 3.63) is 77.5 Å². The molecule has 2 aromatic rings. The Morgan fingerprint density at radius 2 is 1.73 bits per heavy atom. The van der Waals surface area contributed by atoms with Gasteiger partial charge in [0.15, 0.2) is 12.4 Å². The van der Waals surface area contributed by atoms with Gasteiger partial charge in [0, 0.05) is 17.7 Å². The molecule has 1 fully saturated rings. The van der Waals surface area contributed by atoms with Gasteiger partial charge in [-0.3, -0.25) is 10.7 Å². The first-order chi connectivity index (χ1) is 10.7. The quantitative estimate of drug-likeness (QED) is 0.399. The number of hydrogen-bond donors (Lipinski definition) is 1. The van der Waals surface area contributed by atoms with Crippen LogP contribution in [0, 0.1) is 0 Å². The number of thiocarbonyl (C=S) groups is 1. The summed E-state index contributed by atoms with van der Waals surface area (Å²) in [4.78, 5) is 12.7. The molecule has 1 aliphatic heterocycles. The van der Waals surface area contributed by atoms with Crippen molar-refractivity contribution in [2.45, 2.75) is 12.0 Å². The summed E-state index contributed by atoms with van der Waals surface area (Å²) in [6.07, 6.45) is 3.65. The number of amides is 1. The SMILES string of the molecule is [N-]=C=C1C(=S)NC(=O)C([n+]2ccccc2)C1c1ccccc1. The first-order valence-electron chi connectivity index (χ1n) is 6.85. The standard InChI is InChI=1S/C17H13N3OS/c18-11-13-14(12-7-3-1-4-8-12)15(16(21)19-17(13)22)20-9-5-2-6-10-20/h1-10,14-15H,(H,19,21,22). The predicted molar refractivity (Wildman–Crippen MR) is 87.5 cm³/mol. The second-order valence-electron chi connectivity index (χ2n) is 5.00. The van der Waals surface area contributed by atoms with Crippen LogP contribution in [0.2, 0.25) is 0 Å². The van der Waals surface area contributed by atoms with Crippen molar-refractivity contribution in [2.75, 3.05) is 0 Å². The van der Waals surface area contributed by atoms with Crippen LogP contribution in [0.15, 0.2) is 66.5 Å². The molecule has 0 aliphatic carbocycles. The van der Waals surface area contributed by atoms with Gasteiger partial charge < -0.3 is 10.7 Å². The van der Waals surface area contributed by atoms with Gasteiger partial charge >= 0.3 is 0 Å². The number of carbonyl (C=O) groups is 1. The van der Waals surface area contributed by atoms with E-state index in [1.165, 1.54) is 0 Å². The maximum atomic E-state index is 12.5. The Hall–Kier alpha value is -2.62. The summed E-state index contributed by atoms with van der Waals surface area (Å²) in [5.74, 6) is 1.58. The average molecular weight is 307 g/mol. The molecule has 0 bridgehead atoms. The first kappa shape index (κ1) is 14.3. The van der Waals surface area contributed by atoms with Gasteiger partial charge in [0.2, 0.25) is 6.04 Å². The van der Waals surface area contributed by atoms with Crippen molar-refractivity contribution in [1.82, 2.24) is 5.32 Å². The Labute approximate surface area is 133 Å². The van der Waals surface area contributed by atoms with Crippen molar-refractivity contribution in [3.63, 3.8) is 0 Å². The van der Waals surface area contributed by atoms with Crippen molar-refractivity contribution >= 4 is 29.0 Å². The van der Waals surface area contributed by atoms with Crippen LogP contribution in [-0.2, 0) is 4.79 Å². The van der Waals surface area contributed by atoms with E-state index in [9.17, 15) is 10.2 Å². The number of carbonyl (C=O) groups excluding carboxylic acids is 1. The third kappa shape index (κ3) is 2.48. The van der Waals surface area contributed by atoms with E-state index in [1.54, 1.807) is 0 Å². The minimum absolute atomic E-state index is 0.200. The third-order valence-electron chi connectivity index (χ3n) is 3.72. The molecule has 22 heavy (non-hydrogen) atoms. The fourth-order valence-electron chi connectivity index (χ4n) is 2.74. The summed E-state index contributed by atoms with van der Waals surface area (Å²) in [6, 6.07) is 14.6. The van der Waals surface area contributed by atoms with Gasteiger partial charge in [-0.15, -0.1) is 0 Å². The summed E-state index contributed by atoms with van der Waals surface area (Å²) >= 11 is 5.18. The molecule has 1 amide bonds. The van der Waals surface area contributed by atoms with Crippen LogP contribution < -0.4 is 9.88 Å². The van der Waals surface area contributed by atoms with Gasteiger partial charge in [-0.05, 0) is 5.56 Å². The molecule has 2 atom stereocenters. The molecule has 2 unspecified atom stereocenters. The Morgan fingerprint density at radius 3 is 2.36 bits per heavy atom. The van der Waals surface area contributed by atoms with Crippen LogP contribution in [0.4, 0.5) is 0 Å². The second-order valence-corrected chi connectivity index (χ2v) is 5.41. The molecule has 0 saturated carbocycles. The molecule has 3 rings (SSSR count). The van der Waals surface area contributed by atoms with E-state index < -0.39 is 6.04 Å². The molecular weight excluding hydrogens is 294 g/mol. The maximum absolute atomic E-state index is 12.5. The normalized spacial score (nSPS) is 21.2. The van der Waals surface area contributed by atoms with Crippen molar-refractivity contribution in [2.24, 2.45) is 0 Å². The second kappa shape index (κ2) is 6.02. The third-order valence-corrected chi connectivity index (χ3v) is 4.04. The molecule has 4 nitrogen and oxygen atoms in total. The van der Waals surface area contributed by atoms with E-state index >= 15 is 0 Å². The number of nitrogens with zero attached hydrogens (tertiary/aromatic N) is 2. The van der Waals surface area contributed by atoms with Gasteiger partial charge in [-0.1, -0.05) is 48.6 Å². The Kier molecular flexibility index (Phi) is 3.92. The zero-order valence-corrected chi connectivity index (χ0v) is 12.5. The van der Waals surface area contributed by atoms with E-state index in [-0.39, 0.29) is 16.8 Å². The lowest BCUT2D eigenvalue weighted by molar-refractivity contribution is -0.711. The van der Waals surface area contributed by atoms with Crippen LogP contribution in [0.25, 0.3) is 5.41 Å². The van der Waals surface area contributed by atoms with Crippen LogP contribution in [0.5, 0.6) is 0 Å². The number of rotatable bonds is 2. The number of pyridine rings is 1. The maximum Gasteiger partial charge on any atom is 0.295 e. The lowest BCUT2D eigenvalue weighted by Crippen LogP contribution is -2.56. The minimum atomic E-state index is -0.537. The molecule has 5 heteroatoms. The zero-order valence-electron chi connectivity index (χ0n) is 11.6. The monoisotopic (exact) mass is 307 g/mol. The Morgan fingerprint density at radius 1 is 1.09 bits per heavy atom. The lowest BCUT2D eigenvalue weighted by Gasteiger charge is -2.30. The van der Waals surface area contributed by atoms with E-state index in [4.69, 9.17) is 12.2 Å². The highest BCUT2D eigenvalue weighted by molar-refractivity contribution is 7.80. The Balaban J connectivity index is 2.18. The summed E-state index contributed by atoms with van der Waals surface area (Å²) in [5, 5.41) is 12.1. The molecule has 2 heterocycles. The largest absolute Gasteiger partial charge is 0.763 e. The van der Waals surface area contributed by atoms with Gasteiger partial charge in [-0.2, -0.15) is 4.57 Å². The molecule has 1 aromatic carbocycles. The molecule has 108 valence electrons. The average Bonchev–Trinajstić information content (AvgIpc) is 2.56. The summed E-state index contributed by atoms with van der Waals surface area (Å²) in [5.41, 5.74) is 1.32. The highest BCUT2D eigenvalue weighted by Gasteiger charge is 2.44. The Bertz CT molecular complexity index is 767. The number of piperidine rings is 1. The number of hydrogen-bond acceptors (Lipinski definition) is 2. The first-order valence-corrected chi connectivity index (χ1v) is 7.26. The number of benzene rings is 1. The molecular formula is C17H13N3OS. The summed E-state index contributed by atoms with van der Waals surface area (Å²) in [7, 11) is 0. The number of aromatic nitrogens is 1. The minimum Gasteiger partial charge on any atom is -0.763 e. The molecule has 0 spiro atoms. The lowest BCUT2D eigenvalue weighted by atomic mass is 9.82. The van der Waals surface area contributed by atoms with Crippen LogP contribution in [0.1, 0.15) is 17.5 Å². The summed E-state index contributed by atoms with van der Waals surface area (Å²) < 4.78 is 1.81. The van der Waals surface area contributed by atoms with E-state index in [0.29, 0.717) is 5.57 Å². The van der Waals surface area contributed by atoms with E-state index in [2.05, 4.69) is 11.2 Å². The van der Waals surface area contributed by atoms with Gasteiger partial charge in [-0.25, -0.2) is 0 Å². The fraction of sp³-hybridized carbons (Fsp3) is 0.118.